The van der Waals surface area contributed by atoms with Gasteiger partial charge in [-0.05, 0) is 42.9 Å². The van der Waals surface area contributed by atoms with Crippen LogP contribution in [0.3, 0.4) is 0 Å². The van der Waals surface area contributed by atoms with Crippen LogP contribution in [0.25, 0.3) is 0 Å². The van der Waals surface area contributed by atoms with Crippen molar-refractivity contribution in [2.45, 2.75) is 32.1 Å². The summed E-state index contributed by atoms with van der Waals surface area (Å²) in [4.78, 5) is 23.3. The number of amides is 1. The first kappa shape index (κ1) is 14.6. The summed E-state index contributed by atoms with van der Waals surface area (Å²) < 4.78 is 5.08. The molecule has 0 saturated heterocycles. The summed E-state index contributed by atoms with van der Waals surface area (Å²) in [6, 6.07) is 7.69. The van der Waals surface area contributed by atoms with Gasteiger partial charge >= 0.3 is 0 Å². The molecule has 0 aromatic heterocycles. The number of rotatable bonds is 7. The predicted molar refractivity (Wildman–Crippen MR) is 76.7 cm³/mol. The van der Waals surface area contributed by atoms with E-state index in [1.54, 1.807) is 7.11 Å². The molecule has 2 rings (SSSR count). The fourth-order valence-electron chi connectivity index (χ4n) is 2.26. The average Bonchev–Trinajstić information content (AvgIpc) is 2.43. The summed E-state index contributed by atoms with van der Waals surface area (Å²) in [7, 11) is 1.63. The molecular formula is C16H21NO3. The average molecular weight is 275 g/mol. The molecule has 0 heterocycles. The van der Waals surface area contributed by atoms with E-state index >= 15 is 0 Å². The standard InChI is InChI=1S/C16H21NO3/c1-20-14-7-5-12(6-8-14)9-10-17-16(19)15(18)11-13-3-2-4-13/h5-8,13H,2-4,9-11H2,1H3,(H,17,19). The van der Waals surface area contributed by atoms with E-state index in [0.717, 1.165) is 24.2 Å². The van der Waals surface area contributed by atoms with Crippen LogP contribution >= 0.6 is 0 Å². The van der Waals surface area contributed by atoms with Crippen LogP contribution in [-0.2, 0) is 16.0 Å². The Hall–Kier alpha value is -1.84. The van der Waals surface area contributed by atoms with Gasteiger partial charge in [0.2, 0.25) is 5.78 Å². The molecule has 1 aliphatic rings. The maximum Gasteiger partial charge on any atom is 0.287 e. The van der Waals surface area contributed by atoms with Crippen molar-refractivity contribution in [1.29, 1.82) is 0 Å². The van der Waals surface area contributed by atoms with Crippen LogP contribution in [0.1, 0.15) is 31.2 Å². The van der Waals surface area contributed by atoms with E-state index in [0.29, 0.717) is 25.3 Å². The molecule has 0 spiro atoms. The van der Waals surface area contributed by atoms with Crippen molar-refractivity contribution in [2.24, 2.45) is 5.92 Å². The highest BCUT2D eigenvalue weighted by atomic mass is 16.5. The molecule has 1 aromatic rings. The molecule has 1 saturated carbocycles. The van der Waals surface area contributed by atoms with Crippen LogP contribution in [0.5, 0.6) is 5.75 Å². The van der Waals surface area contributed by atoms with Crippen LogP contribution in [0, 0.1) is 5.92 Å². The molecule has 0 unspecified atom stereocenters. The Morgan fingerprint density at radius 1 is 1.25 bits per heavy atom. The summed E-state index contributed by atoms with van der Waals surface area (Å²) >= 11 is 0. The highest BCUT2D eigenvalue weighted by Gasteiger charge is 2.23. The zero-order chi connectivity index (χ0) is 14.4. The number of carbonyl (C=O) groups is 2. The van der Waals surface area contributed by atoms with Gasteiger partial charge in [-0.15, -0.1) is 0 Å². The molecule has 1 amide bonds. The first-order chi connectivity index (χ1) is 9.69. The molecule has 0 aliphatic heterocycles. The van der Waals surface area contributed by atoms with Crippen LogP contribution < -0.4 is 10.1 Å². The third kappa shape index (κ3) is 4.08. The Bertz CT molecular complexity index is 463. The van der Waals surface area contributed by atoms with E-state index in [1.807, 2.05) is 24.3 Å². The lowest BCUT2D eigenvalue weighted by Gasteiger charge is -2.23. The zero-order valence-electron chi connectivity index (χ0n) is 11.9. The van der Waals surface area contributed by atoms with E-state index in [4.69, 9.17) is 4.74 Å². The molecule has 4 nitrogen and oxygen atoms in total. The largest absolute Gasteiger partial charge is 0.497 e. The third-order valence-electron chi connectivity index (χ3n) is 3.81. The second-order valence-corrected chi connectivity index (χ2v) is 5.28. The van der Waals surface area contributed by atoms with Gasteiger partial charge in [0, 0.05) is 13.0 Å². The number of ketones is 1. The zero-order valence-corrected chi connectivity index (χ0v) is 11.9. The molecule has 1 N–H and O–H groups in total. The highest BCUT2D eigenvalue weighted by Crippen LogP contribution is 2.29. The lowest BCUT2D eigenvalue weighted by Crippen LogP contribution is -2.34. The van der Waals surface area contributed by atoms with E-state index in [9.17, 15) is 9.59 Å². The fourth-order valence-corrected chi connectivity index (χ4v) is 2.26. The van der Waals surface area contributed by atoms with E-state index < -0.39 is 5.91 Å². The summed E-state index contributed by atoms with van der Waals surface area (Å²) in [6.45, 7) is 0.488. The highest BCUT2D eigenvalue weighted by molar-refractivity contribution is 6.36. The fraction of sp³-hybridized carbons (Fsp3) is 0.500. The van der Waals surface area contributed by atoms with E-state index in [1.165, 1.54) is 6.42 Å². The van der Waals surface area contributed by atoms with Crippen molar-refractivity contribution in [3.8, 4) is 5.75 Å². The minimum atomic E-state index is -0.439. The third-order valence-corrected chi connectivity index (χ3v) is 3.81. The molecular weight excluding hydrogens is 254 g/mol. The smallest absolute Gasteiger partial charge is 0.287 e. The minimum Gasteiger partial charge on any atom is -0.497 e. The molecule has 1 aliphatic carbocycles. The number of nitrogens with one attached hydrogen (secondary N) is 1. The first-order valence-electron chi connectivity index (χ1n) is 7.13. The van der Waals surface area contributed by atoms with E-state index in [-0.39, 0.29) is 5.78 Å². The topological polar surface area (TPSA) is 55.4 Å². The van der Waals surface area contributed by atoms with Crippen LogP contribution in [-0.4, -0.2) is 25.3 Å². The maximum atomic E-state index is 11.6. The van der Waals surface area contributed by atoms with Gasteiger partial charge in [0.05, 0.1) is 7.11 Å². The number of hydrogen-bond acceptors (Lipinski definition) is 3. The quantitative estimate of drug-likeness (QED) is 0.775. The molecule has 108 valence electrons. The predicted octanol–water partition coefficient (Wildman–Crippen LogP) is 2.11. The molecule has 0 atom stereocenters. The number of Topliss-reactive ketones (excluding diaryl/α,β-unsaturated/α-hetero) is 1. The number of benzene rings is 1. The van der Waals surface area contributed by atoms with Crippen LogP contribution in [0.4, 0.5) is 0 Å². The van der Waals surface area contributed by atoms with Crippen LogP contribution in [0.2, 0.25) is 0 Å². The maximum absolute atomic E-state index is 11.6. The summed E-state index contributed by atoms with van der Waals surface area (Å²) in [5, 5.41) is 2.69. The molecule has 20 heavy (non-hydrogen) atoms. The normalized spacial score (nSPS) is 14.4. The van der Waals surface area contributed by atoms with Gasteiger partial charge in [-0.2, -0.15) is 0 Å². The van der Waals surface area contributed by atoms with Gasteiger partial charge in [-0.25, -0.2) is 0 Å². The molecule has 0 radical (unpaired) electrons. The van der Waals surface area contributed by atoms with Gasteiger partial charge in [-0.1, -0.05) is 18.6 Å². The van der Waals surface area contributed by atoms with Crippen LogP contribution in [0.15, 0.2) is 24.3 Å². The monoisotopic (exact) mass is 275 g/mol. The lowest BCUT2D eigenvalue weighted by molar-refractivity contribution is -0.138. The second-order valence-electron chi connectivity index (χ2n) is 5.28. The van der Waals surface area contributed by atoms with Crippen molar-refractivity contribution >= 4 is 11.7 Å². The molecule has 0 bridgehead atoms. The molecule has 1 fully saturated rings. The Morgan fingerprint density at radius 3 is 2.50 bits per heavy atom. The number of hydrogen-bond donors (Lipinski definition) is 1. The van der Waals surface area contributed by atoms with Gasteiger partial charge in [0.25, 0.3) is 5.91 Å². The first-order valence-corrected chi connectivity index (χ1v) is 7.13. The Kier molecular flexibility index (Phi) is 5.16. The Labute approximate surface area is 119 Å². The van der Waals surface area contributed by atoms with Gasteiger partial charge in [0.15, 0.2) is 0 Å². The SMILES string of the molecule is COc1ccc(CCNC(=O)C(=O)CC2CCC2)cc1. The van der Waals surface area contributed by atoms with Crippen molar-refractivity contribution in [3.63, 3.8) is 0 Å². The summed E-state index contributed by atoms with van der Waals surface area (Å²) in [5.74, 6) is 0.540. The van der Waals surface area contributed by atoms with E-state index in [2.05, 4.69) is 5.32 Å². The van der Waals surface area contributed by atoms with Crippen molar-refractivity contribution < 1.29 is 14.3 Å². The van der Waals surface area contributed by atoms with Gasteiger partial charge < -0.3 is 10.1 Å². The molecule has 4 heteroatoms. The van der Waals surface area contributed by atoms with Gasteiger partial charge in [0.1, 0.15) is 5.75 Å². The Balaban J connectivity index is 1.68. The van der Waals surface area contributed by atoms with Crippen molar-refractivity contribution in [1.82, 2.24) is 5.32 Å². The van der Waals surface area contributed by atoms with Gasteiger partial charge in [-0.3, -0.25) is 9.59 Å². The summed E-state index contributed by atoms with van der Waals surface area (Å²) in [6.07, 6.45) is 4.49. The lowest BCUT2D eigenvalue weighted by atomic mass is 9.82. The number of carbonyl (C=O) groups excluding carboxylic acids is 2. The summed E-state index contributed by atoms with van der Waals surface area (Å²) in [5.41, 5.74) is 1.11. The van der Waals surface area contributed by atoms with Crippen molar-refractivity contribution in [2.75, 3.05) is 13.7 Å². The minimum absolute atomic E-state index is 0.274. The van der Waals surface area contributed by atoms with Crippen molar-refractivity contribution in [3.05, 3.63) is 29.8 Å². The number of ether oxygens (including phenoxy) is 1. The Morgan fingerprint density at radius 2 is 1.95 bits per heavy atom. The molecule has 1 aromatic carbocycles. The number of methoxy groups -OCH3 is 1. The second kappa shape index (κ2) is 7.08.